The van der Waals surface area contributed by atoms with E-state index >= 15 is 0 Å². The molecule has 0 fully saturated rings. The first-order valence-electron chi connectivity index (χ1n) is 5.41. The molecule has 1 heterocycles. The van der Waals surface area contributed by atoms with Crippen LogP contribution in [0.15, 0.2) is 30.6 Å². The Morgan fingerprint density at radius 1 is 1.35 bits per heavy atom. The number of nitrogens with zero attached hydrogens (tertiary/aromatic N) is 3. The third-order valence-electron chi connectivity index (χ3n) is 2.48. The van der Waals surface area contributed by atoms with Gasteiger partial charge in [-0.2, -0.15) is 5.26 Å². The van der Waals surface area contributed by atoms with Gasteiger partial charge in [0.1, 0.15) is 11.8 Å². The number of ether oxygens (including phenoxy) is 1. The van der Waals surface area contributed by atoms with Gasteiger partial charge >= 0.3 is 0 Å². The Balaban J connectivity index is 2.40. The number of nitriles is 1. The van der Waals surface area contributed by atoms with Crippen LogP contribution in [0.5, 0.6) is 5.75 Å². The minimum atomic E-state index is 0.441. The van der Waals surface area contributed by atoms with Crippen molar-refractivity contribution in [2.75, 3.05) is 6.61 Å². The molecule has 0 aliphatic carbocycles. The highest BCUT2D eigenvalue weighted by Gasteiger charge is 2.10. The first-order valence-corrected chi connectivity index (χ1v) is 5.41. The maximum absolute atomic E-state index is 8.98. The predicted molar refractivity (Wildman–Crippen MR) is 64.5 cm³/mol. The molecule has 0 bridgehead atoms. The number of hydrogen-bond donors (Lipinski definition) is 0. The largest absolute Gasteiger partial charge is 0.494 e. The average molecular weight is 227 g/mol. The number of hydrogen-bond acceptors (Lipinski definition) is 3. The van der Waals surface area contributed by atoms with E-state index < -0.39 is 0 Å². The van der Waals surface area contributed by atoms with Gasteiger partial charge in [-0.05, 0) is 31.2 Å². The molecule has 0 aliphatic heterocycles. The topological polar surface area (TPSA) is 50.8 Å². The van der Waals surface area contributed by atoms with E-state index in [9.17, 15) is 0 Å². The van der Waals surface area contributed by atoms with E-state index in [1.165, 1.54) is 0 Å². The number of rotatable bonds is 3. The number of imidazole rings is 1. The van der Waals surface area contributed by atoms with Gasteiger partial charge < -0.3 is 9.30 Å². The summed E-state index contributed by atoms with van der Waals surface area (Å²) in [5.74, 6) is 0.830. The fourth-order valence-electron chi connectivity index (χ4n) is 1.73. The van der Waals surface area contributed by atoms with Crippen molar-refractivity contribution in [2.24, 2.45) is 7.05 Å². The second-order valence-corrected chi connectivity index (χ2v) is 3.62. The van der Waals surface area contributed by atoms with Crippen molar-refractivity contribution in [3.05, 3.63) is 36.3 Å². The molecule has 0 unspecified atom stereocenters. The Bertz CT molecular complexity index is 549. The molecule has 1 aromatic carbocycles. The summed E-state index contributed by atoms with van der Waals surface area (Å²) < 4.78 is 7.22. The zero-order chi connectivity index (χ0) is 12.3. The van der Waals surface area contributed by atoms with Crippen molar-refractivity contribution in [3.8, 4) is 23.1 Å². The molecule has 86 valence electrons. The minimum absolute atomic E-state index is 0.441. The van der Waals surface area contributed by atoms with Gasteiger partial charge in [0.25, 0.3) is 0 Å². The molecular formula is C13H13N3O. The van der Waals surface area contributed by atoms with Gasteiger partial charge in [-0.15, -0.1) is 0 Å². The van der Waals surface area contributed by atoms with Crippen LogP contribution in [-0.4, -0.2) is 16.2 Å². The van der Waals surface area contributed by atoms with Crippen LogP contribution in [0.3, 0.4) is 0 Å². The summed E-state index contributed by atoms with van der Waals surface area (Å²) in [7, 11) is 1.87. The molecule has 0 saturated carbocycles. The number of benzene rings is 1. The molecule has 0 radical (unpaired) electrons. The van der Waals surface area contributed by atoms with E-state index in [0.717, 1.165) is 17.0 Å². The molecule has 4 heteroatoms. The van der Waals surface area contributed by atoms with E-state index in [0.29, 0.717) is 12.3 Å². The zero-order valence-corrected chi connectivity index (χ0v) is 9.84. The van der Waals surface area contributed by atoms with Crippen molar-refractivity contribution in [1.29, 1.82) is 5.26 Å². The second-order valence-electron chi connectivity index (χ2n) is 3.62. The molecule has 0 saturated heterocycles. The van der Waals surface area contributed by atoms with Crippen LogP contribution in [0.25, 0.3) is 11.3 Å². The molecule has 0 aliphatic rings. The molecule has 17 heavy (non-hydrogen) atoms. The molecule has 0 N–H and O–H groups in total. The summed E-state index contributed by atoms with van der Waals surface area (Å²) in [5.41, 5.74) is 2.23. The van der Waals surface area contributed by atoms with E-state index in [1.807, 2.05) is 42.8 Å². The lowest BCUT2D eigenvalue weighted by Gasteiger charge is -2.06. The molecule has 0 amide bonds. The Labute approximate surface area is 100 Å². The lowest BCUT2D eigenvalue weighted by Crippen LogP contribution is -1.93. The molecular weight excluding hydrogens is 214 g/mol. The Morgan fingerprint density at radius 3 is 2.65 bits per heavy atom. The summed E-state index contributed by atoms with van der Waals surface area (Å²) in [6.07, 6.45) is 1.64. The summed E-state index contributed by atoms with van der Waals surface area (Å²) in [6, 6.07) is 9.75. The fourth-order valence-corrected chi connectivity index (χ4v) is 1.73. The van der Waals surface area contributed by atoms with Crippen LogP contribution in [0.2, 0.25) is 0 Å². The van der Waals surface area contributed by atoms with Crippen LogP contribution in [0.4, 0.5) is 0 Å². The maximum Gasteiger partial charge on any atom is 0.166 e. The van der Waals surface area contributed by atoms with Crippen LogP contribution in [-0.2, 0) is 7.05 Å². The number of aromatic nitrogens is 2. The molecule has 0 atom stereocenters. The van der Waals surface area contributed by atoms with Crippen molar-refractivity contribution in [2.45, 2.75) is 6.92 Å². The van der Waals surface area contributed by atoms with Crippen LogP contribution in [0, 0.1) is 11.3 Å². The second kappa shape index (κ2) is 4.71. The van der Waals surface area contributed by atoms with Crippen molar-refractivity contribution >= 4 is 0 Å². The van der Waals surface area contributed by atoms with Crippen molar-refractivity contribution in [1.82, 2.24) is 9.55 Å². The Hall–Kier alpha value is -2.28. The SMILES string of the molecule is CCOc1ccc(-c2c(C#N)ncn2C)cc1. The summed E-state index contributed by atoms with van der Waals surface area (Å²) in [4.78, 5) is 4.04. The third-order valence-corrected chi connectivity index (χ3v) is 2.48. The van der Waals surface area contributed by atoms with E-state index in [2.05, 4.69) is 11.1 Å². The van der Waals surface area contributed by atoms with E-state index in [-0.39, 0.29) is 0 Å². The Morgan fingerprint density at radius 2 is 2.06 bits per heavy atom. The smallest absolute Gasteiger partial charge is 0.166 e. The standard InChI is InChI=1S/C13H13N3O/c1-3-17-11-6-4-10(5-7-11)13-12(8-14)15-9-16(13)2/h4-7,9H,3H2,1-2H3. The summed E-state index contributed by atoms with van der Waals surface area (Å²) in [5, 5.41) is 8.98. The molecule has 4 nitrogen and oxygen atoms in total. The third kappa shape index (κ3) is 2.13. The van der Waals surface area contributed by atoms with E-state index in [4.69, 9.17) is 10.00 Å². The van der Waals surface area contributed by atoms with Gasteiger partial charge in [0, 0.05) is 12.6 Å². The highest BCUT2D eigenvalue weighted by Crippen LogP contribution is 2.24. The lowest BCUT2D eigenvalue weighted by molar-refractivity contribution is 0.340. The first kappa shape index (κ1) is 11.2. The normalized spacial score (nSPS) is 9.94. The van der Waals surface area contributed by atoms with Gasteiger partial charge in [0.2, 0.25) is 0 Å². The number of aryl methyl sites for hydroxylation is 1. The van der Waals surface area contributed by atoms with Gasteiger partial charge in [0.15, 0.2) is 5.69 Å². The average Bonchev–Trinajstić information content (AvgIpc) is 2.72. The quantitative estimate of drug-likeness (QED) is 0.808. The fraction of sp³-hybridized carbons (Fsp3) is 0.231. The van der Waals surface area contributed by atoms with Gasteiger partial charge in [0.05, 0.1) is 18.6 Å². The van der Waals surface area contributed by atoms with Crippen molar-refractivity contribution in [3.63, 3.8) is 0 Å². The van der Waals surface area contributed by atoms with E-state index in [1.54, 1.807) is 6.33 Å². The van der Waals surface area contributed by atoms with Crippen molar-refractivity contribution < 1.29 is 4.74 Å². The minimum Gasteiger partial charge on any atom is -0.494 e. The summed E-state index contributed by atoms with van der Waals surface area (Å²) in [6.45, 7) is 2.59. The molecule has 2 aromatic rings. The predicted octanol–water partition coefficient (Wildman–Crippen LogP) is 2.36. The zero-order valence-electron chi connectivity index (χ0n) is 9.84. The molecule has 1 aromatic heterocycles. The van der Waals surface area contributed by atoms with Crippen LogP contribution >= 0.6 is 0 Å². The highest BCUT2D eigenvalue weighted by atomic mass is 16.5. The van der Waals surface area contributed by atoms with Crippen LogP contribution < -0.4 is 4.74 Å². The van der Waals surface area contributed by atoms with Crippen LogP contribution in [0.1, 0.15) is 12.6 Å². The molecule has 0 spiro atoms. The summed E-state index contributed by atoms with van der Waals surface area (Å²) >= 11 is 0. The van der Waals surface area contributed by atoms with Gasteiger partial charge in [-0.3, -0.25) is 0 Å². The van der Waals surface area contributed by atoms with Gasteiger partial charge in [-0.1, -0.05) is 0 Å². The van der Waals surface area contributed by atoms with Gasteiger partial charge in [-0.25, -0.2) is 4.98 Å². The maximum atomic E-state index is 8.98. The highest BCUT2D eigenvalue weighted by molar-refractivity contribution is 5.66. The Kier molecular flexibility index (Phi) is 3.10. The first-order chi connectivity index (χ1) is 8.26. The monoisotopic (exact) mass is 227 g/mol. The lowest BCUT2D eigenvalue weighted by atomic mass is 10.1. The molecule has 2 rings (SSSR count).